The first kappa shape index (κ1) is 20.6. The second-order valence-electron chi connectivity index (χ2n) is 7.88. The second-order valence-corrected chi connectivity index (χ2v) is 8.87. The lowest BCUT2D eigenvalue weighted by atomic mass is 10.2. The number of aromatic nitrogens is 4. The topological polar surface area (TPSA) is 85.0 Å². The summed E-state index contributed by atoms with van der Waals surface area (Å²) in [6.45, 7) is 3.58. The van der Waals surface area contributed by atoms with E-state index in [9.17, 15) is 9.59 Å². The van der Waals surface area contributed by atoms with Crippen LogP contribution in [0.3, 0.4) is 0 Å². The first-order valence-corrected chi connectivity index (χ1v) is 11.0. The molecule has 3 heterocycles. The molecule has 3 aromatic rings. The molecule has 158 valence electrons. The van der Waals surface area contributed by atoms with E-state index in [1.807, 2.05) is 45.3 Å². The number of nitrogens with one attached hydrogen (secondary N) is 1. The summed E-state index contributed by atoms with van der Waals surface area (Å²) >= 11 is 1.51. The van der Waals surface area contributed by atoms with E-state index in [4.69, 9.17) is 4.98 Å². The Morgan fingerprint density at radius 2 is 2.20 bits per heavy atom. The molecule has 30 heavy (non-hydrogen) atoms. The fraction of sp³-hybridized carbons (Fsp3) is 0.429. The molecule has 0 aliphatic carbocycles. The Morgan fingerprint density at radius 1 is 1.37 bits per heavy atom. The molecule has 1 atom stereocenters. The normalized spacial score (nSPS) is 15.7. The summed E-state index contributed by atoms with van der Waals surface area (Å²) in [6.07, 6.45) is 2.75. The quantitative estimate of drug-likeness (QED) is 0.459. The van der Waals surface area contributed by atoms with Crippen LogP contribution in [0, 0.1) is 6.92 Å². The van der Waals surface area contributed by atoms with Gasteiger partial charge in [0.05, 0.1) is 17.9 Å². The van der Waals surface area contributed by atoms with Gasteiger partial charge in [-0.15, -0.1) is 0 Å². The van der Waals surface area contributed by atoms with E-state index in [1.165, 1.54) is 11.8 Å². The van der Waals surface area contributed by atoms with Crippen LogP contribution in [-0.4, -0.2) is 63.1 Å². The van der Waals surface area contributed by atoms with Crippen LogP contribution in [-0.2, 0) is 4.79 Å². The minimum absolute atomic E-state index is 0.0327. The van der Waals surface area contributed by atoms with Crippen LogP contribution in [0.2, 0.25) is 0 Å². The van der Waals surface area contributed by atoms with Gasteiger partial charge in [-0.1, -0.05) is 23.9 Å². The zero-order valence-corrected chi connectivity index (χ0v) is 18.3. The van der Waals surface area contributed by atoms with Gasteiger partial charge < -0.3 is 10.2 Å². The van der Waals surface area contributed by atoms with Gasteiger partial charge in [0.25, 0.3) is 5.56 Å². The third kappa shape index (κ3) is 4.13. The predicted octanol–water partition coefficient (Wildman–Crippen LogP) is 2.00. The first-order chi connectivity index (χ1) is 14.4. The van der Waals surface area contributed by atoms with E-state index >= 15 is 0 Å². The standard InChI is InChI=1S/C21H26N6O2S/c1-14-6-4-7-15(10-14)27-19-17(12-23-27)20(29)26-16(13-30-21(26)24-19)11-18(28)22-8-5-9-25(2)3/h4,6-7,10,12,16H,5,8-9,11,13H2,1-3H3,(H,22,28). The Morgan fingerprint density at radius 3 is 2.97 bits per heavy atom. The average molecular weight is 427 g/mol. The fourth-order valence-corrected chi connectivity index (χ4v) is 4.77. The number of aryl methyl sites for hydroxylation is 1. The van der Waals surface area contributed by atoms with Gasteiger partial charge in [-0.25, -0.2) is 9.67 Å². The third-order valence-electron chi connectivity index (χ3n) is 5.14. The number of carbonyl (C=O) groups is 1. The number of nitrogens with zero attached hydrogens (tertiary/aromatic N) is 5. The zero-order chi connectivity index (χ0) is 21.3. The van der Waals surface area contributed by atoms with Crippen LogP contribution in [0.15, 0.2) is 40.4 Å². The fourth-order valence-electron chi connectivity index (χ4n) is 3.64. The Balaban J connectivity index is 1.56. The lowest BCUT2D eigenvalue weighted by molar-refractivity contribution is -0.121. The average Bonchev–Trinajstić information content (AvgIpc) is 3.30. The summed E-state index contributed by atoms with van der Waals surface area (Å²) in [5.74, 6) is 0.632. The number of thioether (sulfide) groups is 1. The number of hydrogen-bond acceptors (Lipinski definition) is 6. The maximum atomic E-state index is 13.2. The Kier molecular flexibility index (Phi) is 5.92. The van der Waals surface area contributed by atoms with Crippen LogP contribution >= 0.6 is 11.8 Å². The minimum Gasteiger partial charge on any atom is -0.356 e. The smallest absolute Gasteiger partial charge is 0.265 e. The molecule has 8 nitrogen and oxygen atoms in total. The van der Waals surface area contributed by atoms with E-state index in [-0.39, 0.29) is 23.9 Å². The van der Waals surface area contributed by atoms with Crippen LogP contribution < -0.4 is 10.9 Å². The summed E-state index contributed by atoms with van der Waals surface area (Å²) in [7, 11) is 4.02. The maximum Gasteiger partial charge on any atom is 0.265 e. The summed E-state index contributed by atoms with van der Waals surface area (Å²) in [4.78, 5) is 32.4. The monoisotopic (exact) mass is 426 g/mol. The molecule has 1 aliphatic rings. The molecule has 0 saturated carbocycles. The van der Waals surface area contributed by atoms with Crippen LogP contribution in [0.5, 0.6) is 0 Å². The molecule has 1 amide bonds. The Labute approximate surface area is 179 Å². The molecular weight excluding hydrogens is 400 g/mol. The summed E-state index contributed by atoms with van der Waals surface area (Å²) in [6, 6.07) is 7.74. The van der Waals surface area contributed by atoms with Crippen molar-refractivity contribution in [3.8, 4) is 5.69 Å². The summed E-state index contributed by atoms with van der Waals surface area (Å²) in [5, 5.41) is 8.48. The highest BCUT2D eigenvalue weighted by Crippen LogP contribution is 2.33. The Bertz CT molecular complexity index is 1140. The van der Waals surface area contributed by atoms with Crippen molar-refractivity contribution in [2.75, 3.05) is 32.9 Å². The number of benzene rings is 1. The highest BCUT2D eigenvalue weighted by molar-refractivity contribution is 7.99. The second kappa shape index (κ2) is 8.61. The van der Waals surface area contributed by atoms with Crippen molar-refractivity contribution in [1.29, 1.82) is 0 Å². The number of rotatable bonds is 7. The van der Waals surface area contributed by atoms with Crippen molar-refractivity contribution in [2.24, 2.45) is 0 Å². The van der Waals surface area contributed by atoms with Crippen molar-refractivity contribution in [1.82, 2.24) is 29.5 Å². The third-order valence-corrected chi connectivity index (χ3v) is 6.24. The largest absolute Gasteiger partial charge is 0.356 e. The molecule has 1 N–H and O–H groups in total. The SMILES string of the molecule is Cc1cccc(-n2ncc3c(=O)n4c(nc32)SCC4CC(=O)NCCCN(C)C)c1. The molecule has 0 fully saturated rings. The van der Waals surface area contributed by atoms with Crippen molar-refractivity contribution >= 4 is 28.7 Å². The number of fused-ring (bicyclic) bond motifs is 2. The Hall–Kier alpha value is -2.65. The highest BCUT2D eigenvalue weighted by atomic mass is 32.2. The predicted molar refractivity (Wildman–Crippen MR) is 118 cm³/mol. The molecule has 1 unspecified atom stereocenters. The number of hydrogen-bond donors (Lipinski definition) is 1. The minimum atomic E-state index is -0.189. The molecule has 1 aromatic carbocycles. The summed E-state index contributed by atoms with van der Waals surface area (Å²) in [5.41, 5.74) is 2.40. The molecule has 0 bridgehead atoms. The van der Waals surface area contributed by atoms with Crippen molar-refractivity contribution in [2.45, 2.75) is 31.0 Å². The van der Waals surface area contributed by atoms with Gasteiger partial charge in [-0.3, -0.25) is 14.2 Å². The van der Waals surface area contributed by atoms with Crippen molar-refractivity contribution in [3.63, 3.8) is 0 Å². The lowest BCUT2D eigenvalue weighted by Crippen LogP contribution is -2.32. The molecule has 0 saturated heterocycles. The van der Waals surface area contributed by atoms with Gasteiger partial charge in [-0.2, -0.15) is 5.10 Å². The van der Waals surface area contributed by atoms with Gasteiger partial charge in [0.1, 0.15) is 5.39 Å². The van der Waals surface area contributed by atoms with Crippen LogP contribution in [0.1, 0.15) is 24.4 Å². The van der Waals surface area contributed by atoms with Gasteiger partial charge in [0, 0.05) is 18.7 Å². The van der Waals surface area contributed by atoms with Gasteiger partial charge in [0.2, 0.25) is 5.91 Å². The molecule has 2 aromatic heterocycles. The van der Waals surface area contributed by atoms with Crippen molar-refractivity contribution in [3.05, 3.63) is 46.4 Å². The van der Waals surface area contributed by atoms with E-state index < -0.39 is 0 Å². The van der Waals surface area contributed by atoms with Crippen LogP contribution in [0.4, 0.5) is 0 Å². The maximum absolute atomic E-state index is 13.2. The van der Waals surface area contributed by atoms with E-state index in [1.54, 1.807) is 15.4 Å². The van der Waals surface area contributed by atoms with Gasteiger partial charge in [-0.05, 0) is 51.7 Å². The first-order valence-electron chi connectivity index (χ1n) is 10.1. The molecule has 0 radical (unpaired) electrons. The molecule has 9 heteroatoms. The van der Waals surface area contributed by atoms with Crippen molar-refractivity contribution < 1.29 is 4.79 Å². The number of amides is 1. The highest BCUT2D eigenvalue weighted by Gasteiger charge is 2.29. The lowest BCUT2D eigenvalue weighted by Gasteiger charge is -2.14. The number of carbonyl (C=O) groups excluding carboxylic acids is 1. The van der Waals surface area contributed by atoms with E-state index in [0.29, 0.717) is 28.5 Å². The van der Waals surface area contributed by atoms with Crippen LogP contribution in [0.25, 0.3) is 16.7 Å². The molecular formula is C21H26N6O2S. The van der Waals surface area contributed by atoms with E-state index in [2.05, 4.69) is 15.3 Å². The van der Waals surface area contributed by atoms with E-state index in [0.717, 1.165) is 24.2 Å². The molecule has 0 spiro atoms. The van der Waals surface area contributed by atoms with Gasteiger partial charge >= 0.3 is 0 Å². The summed E-state index contributed by atoms with van der Waals surface area (Å²) < 4.78 is 3.37. The molecule has 1 aliphatic heterocycles. The molecule has 4 rings (SSSR count). The zero-order valence-electron chi connectivity index (χ0n) is 17.5. The van der Waals surface area contributed by atoms with Gasteiger partial charge in [0.15, 0.2) is 10.8 Å².